The minimum absolute atomic E-state index is 0.366. The number of hydrogen-bond donors (Lipinski definition) is 7. The zero-order valence-electron chi connectivity index (χ0n) is 11.6. The summed E-state index contributed by atoms with van der Waals surface area (Å²) in [7, 11) is 0. The molecule has 23 heavy (non-hydrogen) atoms. The van der Waals surface area contributed by atoms with E-state index in [1.54, 1.807) is 0 Å². The van der Waals surface area contributed by atoms with E-state index in [0.29, 0.717) is 0 Å². The van der Waals surface area contributed by atoms with E-state index in [1.807, 2.05) is 0 Å². The van der Waals surface area contributed by atoms with Crippen molar-refractivity contribution in [3.63, 3.8) is 0 Å². The highest BCUT2D eigenvalue weighted by molar-refractivity contribution is 5.91. The molecule has 10 heteroatoms. The molecular weight excluding hydrogens is 316 g/mol. The van der Waals surface area contributed by atoms with Gasteiger partial charge in [-0.1, -0.05) is 0 Å². The first-order chi connectivity index (χ1) is 10.8. The normalized spacial score (nSPS) is 30.9. The molecule has 1 fully saturated rings. The minimum atomic E-state index is -1.78. The van der Waals surface area contributed by atoms with Gasteiger partial charge in [0.25, 0.3) is 0 Å². The SMILES string of the molecule is O=C(O[C@@H]1OC(CO)[C@@H](O)[C@H](O)C1O)c1cc(O)c(O)c(O)c1. The lowest BCUT2D eigenvalue weighted by molar-refractivity contribution is -0.285. The van der Waals surface area contributed by atoms with Gasteiger partial charge >= 0.3 is 5.97 Å². The van der Waals surface area contributed by atoms with E-state index < -0.39 is 60.5 Å². The molecule has 0 spiro atoms. The second kappa shape index (κ2) is 6.56. The highest BCUT2D eigenvalue weighted by Crippen LogP contribution is 2.35. The molecule has 1 aliphatic heterocycles. The third kappa shape index (κ3) is 3.30. The smallest absolute Gasteiger partial charge is 0.340 e. The molecule has 1 aromatic carbocycles. The van der Waals surface area contributed by atoms with Crippen LogP contribution >= 0.6 is 0 Å². The summed E-state index contributed by atoms with van der Waals surface area (Å²) >= 11 is 0. The molecule has 1 aliphatic rings. The summed E-state index contributed by atoms with van der Waals surface area (Å²) < 4.78 is 9.77. The lowest BCUT2D eigenvalue weighted by Crippen LogP contribution is -2.59. The van der Waals surface area contributed by atoms with E-state index in [-0.39, 0.29) is 5.56 Å². The Hall–Kier alpha value is -2.11. The van der Waals surface area contributed by atoms with Gasteiger partial charge in [0, 0.05) is 0 Å². The number of aliphatic hydroxyl groups excluding tert-OH is 4. The van der Waals surface area contributed by atoms with Crippen molar-refractivity contribution < 1.29 is 50.0 Å². The number of aliphatic hydroxyl groups is 4. The quantitative estimate of drug-likeness (QED) is 0.236. The van der Waals surface area contributed by atoms with Crippen LogP contribution in [0.3, 0.4) is 0 Å². The summed E-state index contributed by atoms with van der Waals surface area (Å²) in [5.41, 5.74) is -0.366. The predicted octanol–water partition coefficient (Wildman–Crippen LogP) is -2.24. The van der Waals surface area contributed by atoms with Crippen molar-refractivity contribution in [3.05, 3.63) is 17.7 Å². The van der Waals surface area contributed by atoms with Crippen LogP contribution in [0.1, 0.15) is 10.4 Å². The third-order valence-electron chi connectivity index (χ3n) is 3.38. The maximum Gasteiger partial charge on any atom is 0.340 e. The molecule has 0 radical (unpaired) electrons. The molecule has 1 saturated heterocycles. The molecule has 5 atom stereocenters. The molecule has 0 amide bonds. The van der Waals surface area contributed by atoms with Gasteiger partial charge in [-0.05, 0) is 12.1 Å². The van der Waals surface area contributed by atoms with Gasteiger partial charge < -0.3 is 45.2 Å². The first-order valence-electron chi connectivity index (χ1n) is 6.52. The van der Waals surface area contributed by atoms with Gasteiger partial charge in [-0.25, -0.2) is 4.79 Å². The van der Waals surface area contributed by atoms with Crippen molar-refractivity contribution in [2.45, 2.75) is 30.7 Å². The van der Waals surface area contributed by atoms with Gasteiger partial charge in [-0.2, -0.15) is 0 Å². The average molecular weight is 332 g/mol. The van der Waals surface area contributed by atoms with Crippen LogP contribution in [0.4, 0.5) is 0 Å². The van der Waals surface area contributed by atoms with E-state index in [4.69, 9.17) is 14.6 Å². The molecule has 0 aliphatic carbocycles. The zero-order chi connectivity index (χ0) is 17.3. The van der Waals surface area contributed by atoms with E-state index in [0.717, 1.165) is 12.1 Å². The topological polar surface area (TPSA) is 177 Å². The number of aromatic hydroxyl groups is 3. The Morgan fingerprint density at radius 1 is 1.04 bits per heavy atom. The van der Waals surface area contributed by atoms with E-state index in [1.165, 1.54) is 0 Å². The Kier molecular flexibility index (Phi) is 4.92. The summed E-state index contributed by atoms with van der Waals surface area (Å²) in [4.78, 5) is 11.9. The van der Waals surface area contributed by atoms with Crippen LogP contribution in [0.2, 0.25) is 0 Å². The maximum atomic E-state index is 11.9. The van der Waals surface area contributed by atoms with Crippen molar-refractivity contribution in [2.24, 2.45) is 0 Å². The Labute approximate surface area is 129 Å². The second-order valence-corrected chi connectivity index (χ2v) is 4.97. The van der Waals surface area contributed by atoms with Gasteiger partial charge in [0.1, 0.15) is 24.4 Å². The Morgan fingerprint density at radius 2 is 1.61 bits per heavy atom. The monoisotopic (exact) mass is 332 g/mol. The summed E-state index contributed by atoms with van der Waals surface area (Å²) in [6, 6.07) is 1.61. The summed E-state index contributed by atoms with van der Waals surface area (Å²) in [5, 5.41) is 65.8. The average Bonchev–Trinajstić information content (AvgIpc) is 2.52. The van der Waals surface area contributed by atoms with Crippen molar-refractivity contribution in [2.75, 3.05) is 6.61 Å². The molecule has 1 heterocycles. The fourth-order valence-corrected chi connectivity index (χ4v) is 2.06. The first-order valence-corrected chi connectivity index (χ1v) is 6.52. The van der Waals surface area contributed by atoms with Crippen LogP contribution in [0.25, 0.3) is 0 Å². The van der Waals surface area contributed by atoms with Crippen LogP contribution in [-0.2, 0) is 9.47 Å². The predicted molar refractivity (Wildman–Crippen MR) is 70.6 cm³/mol. The maximum absolute atomic E-state index is 11.9. The first kappa shape index (κ1) is 17.2. The highest BCUT2D eigenvalue weighted by Gasteiger charge is 2.45. The van der Waals surface area contributed by atoms with Gasteiger partial charge in [0.2, 0.25) is 6.29 Å². The van der Waals surface area contributed by atoms with Gasteiger partial charge in [0.15, 0.2) is 17.2 Å². The lowest BCUT2D eigenvalue weighted by Gasteiger charge is -2.39. The van der Waals surface area contributed by atoms with Crippen molar-refractivity contribution in [3.8, 4) is 17.2 Å². The molecular formula is C13H16O10. The fraction of sp³-hybridized carbons (Fsp3) is 0.462. The van der Waals surface area contributed by atoms with Crippen LogP contribution in [0.15, 0.2) is 12.1 Å². The van der Waals surface area contributed by atoms with Gasteiger partial charge in [-0.3, -0.25) is 0 Å². The van der Waals surface area contributed by atoms with Crippen LogP contribution in [-0.4, -0.2) is 79.0 Å². The van der Waals surface area contributed by atoms with E-state index >= 15 is 0 Å². The van der Waals surface area contributed by atoms with Crippen molar-refractivity contribution >= 4 is 5.97 Å². The van der Waals surface area contributed by atoms with Crippen molar-refractivity contribution in [1.29, 1.82) is 0 Å². The standard InChI is InChI=1S/C13H16O10/c14-3-7-9(18)10(19)11(20)13(22-7)23-12(21)4-1-5(15)8(17)6(16)2-4/h1-2,7,9-11,13-20H,3H2/t7?,9-,10+,11?,13+/m1/s1. The molecule has 0 aromatic heterocycles. The molecule has 7 N–H and O–H groups in total. The second-order valence-electron chi connectivity index (χ2n) is 4.97. The number of carbonyl (C=O) groups is 1. The molecule has 1 aromatic rings. The van der Waals surface area contributed by atoms with Gasteiger partial charge in [0.05, 0.1) is 12.2 Å². The lowest BCUT2D eigenvalue weighted by atomic mass is 9.99. The van der Waals surface area contributed by atoms with E-state index in [2.05, 4.69) is 0 Å². The summed E-state index contributed by atoms with van der Waals surface area (Å²) in [5.74, 6) is -3.52. The molecule has 128 valence electrons. The van der Waals surface area contributed by atoms with Crippen LogP contribution < -0.4 is 0 Å². The number of esters is 1. The Balaban J connectivity index is 2.16. The number of carbonyl (C=O) groups excluding carboxylic acids is 1. The largest absolute Gasteiger partial charge is 0.504 e. The summed E-state index contributed by atoms with van der Waals surface area (Å²) in [6.07, 6.45) is -8.06. The zero-order valence-corrected chi connectivity index (χ0v) is 11.6. The fourth-order valence-electron chi connectivity index (χ4n) is 2.06. The Bertz CT molecular complexity index is 563. The van der Waals surface area contributed by atoms with Gasteiger partial charge in [-0.15, -0.1) is 0 Å². The number of phenolic OH excluding ortho intramolecular Hbond substituents is 3. The van der Waals surface area contributed by atoms with Crippen molar-refractivity contribution in [1.82, 2.24) is 0 Å². The number of hydrogen-bond acceptors (Lipinski definition) is 10. The Morgan fingerprint density at radius 3 is 2.13 bits per heavy atom. The number of ether oxygens (including phenoxy) is 2. The van der Waals surface area contributed by atoms with Crippen LogP contribution in [0, 0.1) is 0 Å². The third-order valence-corrected chi connectivity index (χ3v) is 3.38. The minimum Gasteiger partial charge on any atom is -0.504 e. The number of benzene rings is 1. The molecule has 2 unspecified atom stereocenters. The highest BCUT2D eigenvalue weighted by atomic mass is 16.7. The molecule has 0 bridgehead atoms. The number of rotatable bonds is 3. The molecule has 10 nitrogen and oxygen atoms in total. The number of phenols is 3. The summed E-state index contributed by atoms with van der Waals surface area (Å²) in [6.45, 7) is -0.695. The van der Waals surface area contributed by atoms with E-state index in [9.17, 15) is 35.4 Å². The molecule has 2 rings (SSSR count). The van der Waals surface area contributed by atoms with Crippen LogP contribution in [0.5, 0.6) is 17.2 Å². The molecule has 0 saturated carbocycles.